The van der Waals surface area contributed by atoms with E-state index in [4.69, 9.17) is 9.47 Å². The fourth-order valence-corrected chi connectivity index (χ4v) is 3.50. The minimum Gasteiger partial charge on any atom is -0.493 e. The molecule has 0 atom stereocenters. The molecule has 0 aliphatic heterocycles. The predicted molar refractivity (Wildman–Crippen MR) is 137 cm³/mol. The average Bonchev–Trinajstić information content (AvgIpc) is 3.33. The molecule has 0 radical (unpaired) electrons. The second-order valence-corrected chi connectivity index (χ2v) is 7.78. The molecule has 0 saturated carbocycles. The lowest BCUT2D eigenvalue weighted by molar-refractivity contribution is -0.123. The van der Waals surface area contributed by atoms with E-state index in [0.717, 1.165) is 11.3 Å². The van der Waals surface area contributed by atoms with Crippen molar-refractivity contribution in [1.29, 1.82) is 0 Å². The van der Waals surface area contributed by atoms with E-state index in [-0.39, 0.29) is 12.4 Å². The van der Waals surface area contributed by atoms with Gasteiger partial charge in [-0.05, 0) is 60.5 Å². The molecule has 36 heavy (non-hydrogen) atoms. The molecule has 0 fully saturated rings. The molecule has 1 heterocycles. The number of hydrogen-bond donors (Lipinski definition) is 1. The summed E-state index contributed by atoms with van der Waals surface area (Å²) in [4.78, 5) is 12.3. The van der Waals surface area contributed by atoms with Crippen LogP contribution < -0.4 is 14.9 Å². The van der Waals surface area contributed by atoms with Gasteiger partial charge < -0.3 is 9.47 Å². The number of carbonyl (C=O) groups excluding carboxylic acids is 1. The summed E-state index contributed by atoms with van der Waals surface area (Å²) in [6, 6.07) is 21.1. The highest BCUT2D eigenvalue weighted by Gasteiger charge is 2.12. The molecule has 8 heteroatoms. The third-order valence-corrected chi connectivity index (χ3v) is 5.24. The third kappa shape index (κ3) is 6.04. The zero-order valence-corrected chi connectivity index (χ0v) is 19.7. The lowest BCUT2D eigenvalue weighted by atomic mass is 10.1. The van der Waals surface area contributed by atoms with Crippen molar-refractivity contribution in [2.75, 3.05) is 13.7 Å². The van der Waals surface area contributed by atoms with E-state index in [1.165, 1.54) is 18.3 Å². The molecule has 7 nitrogen and oxygen atoms in total. The van der Waals surface area contributed by atoms with Crippen LogP contribution in [0.4, 0.5) is 4.39 Å². The number of benzene rings is 3. The summed E-state index contributed by atoms with van der Waals surface area (Å²) in [5, 5.41) is 8.71. The molecule has 1 N–H and O–H groups in total. The van der Waals surface area contributed by atoms with Crippen LogP contribution in [0.2, 0.25) is 0 Å². The molecule has 0 aliphatic carbocycles. The number of hydrazone groups is 1. The first-order valence-electron chi connectivity index (χ1n) is 11.2. The lowest BCUT2D eigenvalue weighted by Gasteiger charge is -2.11. The number of nitrogens with one attached hydrogen (secondary N) is 1. The van der Waals surface area contributed by atoms with Crippen molar-refractivity contribution in [3.8, 4) is 28.4 Å². The van der Waals surface area contributed by atoms with E-state index in [2.05, 4.69) is 22.2 Å². The van der Waals surface area contributed by atoms with Crippen LogP contribution in [0, 0.1) is 5.82 Å². The highest BCUT2D eigenvalue weighted by atomic mass is 19.1. The van der Waals surface area contributed by atoms with Gasteiger partial charge in [-0.25, -0.2) is 14.5 Å². The van der Waals surface area contributed by atoms with E-state index >= 15 is 0 Å². The van der Waals surface area contributed by atoms with E-state index in [1.807, 2.05) is 42.5 Å². The summed E-state index contributed by atoms with van der Waals surface area (Å²) < 4.78 is 26.1. The Balaban J connectivity index is 1.46. The maximum absolute atomic E-state index is 13.4. The van der Waals surface area contributed by atoms with Gasteiger partial charge in [-0.3, -0.25) is 4.79 Å². The molecular weight excluding hydrogens is 459 g/mol. The SMILES string of the molecule is C=CCc1ccc(OCC(=O)N/N=C/c2cn(-c3ccccc3)nc2-c2ccc(F)cc2)c(OC)c1. The van der Waals surface area contributed by atoms with Crippen molar-refractivity contribution >= 4 is 12.1 Å². The van der Waals surface area contributed by atoms with Gasteiger partial charge in [0.05, 0.1) is 19.0 Å². The van der Waals surface area contributed by atoms with E-state index in [0.29, 0.717) is 34.7 Å². The molecule has 0 bridgehead atoms. The first kappa shape index (κ1) is 24.4. The Hall–Kier alpha value is -4.72. The molecule has 0 aliphatic rings. The Morgan fingerprint density at radius 1 is 1.11 bits per heavy atom. The normalized spacial score (nSPS) is 10.8. The first-order valence-corrected chi connectivity index (χ1v) is 11.2. The lowest BCUT2D eigenvalue weighted by Crippen LogP contribution is -2.24. The van der Waals surface area contributed by atoms with E-state index in [9.17, 15) is 9.18 Å². The topological polar surface area (TPSA) is 77.7 Å². The van der Waals surface area contributed by atoms with Crippen molar-refractivity contribution < 1.29 is 18.7 Å². The molecule has 4 rings (SSSR count). The molecule has 0 saturated heterocycles. The highest BCUT2D eigenvalue weighted by Crippen LogP contribution is 2.28. The Morgan fingerprint density at radius 2 is 1.89 bits per heavy atom. The number of halogens is 1. The fraction of sp³-hybridized carbons (Fsp3) is 0.107. The summed E-state index contributed by atoms with van der Waals surface area (Å²) in [6.07, 6.45) is 5.78. The number of aromatic nitrogens is 2. The molecule has 182 valence electrons. The van der Waals surface area contributed by atoms with Gasteiger partial charge in [-0.1, -0.05) is 30.3 Å². The Bertz CT molecular complexity index is 1370. The first-order chi connectivity index (χ1) is 17.6. The molecule has 1 amide bonds. The Kier molecular flexibility index (Phi) is 7.87. The van der Waals surface area contributed by atoms with Gasteiger partial charge in [-0.15, -0.1) is 6.58 Å². The number of methoxy groups -OCH3 is 1. The number of rotatable bonds is 10. The highest BCUT2D eigenvalue weighted by molar-refractivity contribution is 5.89. The number of carbonyl (C=O) groups is 1. The van der Waals surface area contributed by atoms with E-state index in [1.54, 1.807) is 42.3 Å². The third-order valence-electron chi connectivity index (χ3n) is 5.24. The second kappa shape index (κ2) is 11.6. The minimum atomic E-state index is -0.442. The van der Waals surface area contributed by atoms with Crippen LogP contribution in [0.5, 0.6) is 11.5 Å². The summed E-state index contributed by atoms with van der Waals surface area (Å²) >= 11 is 0. The molecule has 0 unspecified atom stereocenters. The fourth-order valence-electron chi connectivity index (χ4n) is 3.50. The van der Waals surface area contributed by atoms with Crippen LogP contribution in [0.15, 0.2) is 96.7 Å². The van der Waals surface area contributed by atoms with Crippen LogP contribution in [-0.2, 0) is 11.2 Å². The molecule has 3 aromatic carbocycles. The minimum absolute atomic E-state index is 0.247. The second-order valence-electron chi connectivity index (χ2n) is 7.78. The number of ether oxygens (including phenoxy) is 2. The van der Waals surface area contributed by atoms with Crippen LogP contribution in [-0.4, -0.2) is 35.6 Å². The summed E-state index contributed by atoms with van der Waals surface area (Å²) in [5.41, 5.74) is 6.30. The van der Waals surface area contributed by atoms with Gasteiger partial charge in [0, 0.05) is 17.3 Å². The van der Waals surface area contributed by atoms with Crippen LogP contribution >= 0.6 is 0 Å². The Labute approximate surface area is 208 Å². The molecular formula is C28H25FN4O3. The van der Waals surface area contributed by atoms with E-state index < -0.39 is 5.91 Å². The van der Waals surface area contributed by atoms with Gasteiger partial charge in [0.2, 0.25) is 0 Å². The largest absolute Gasteiger partial charge is 0.493 e. The zero-order valence-electron chi connectivity index (χ0n) is 19.7. The number of nitrogens with zero attached hydrogens (tertiary/aromatic N) is 3. The van der Waals surface area contributed by atoms with Crippen molar-refractivity contribution in [2.24, 2.45) is 5.10 Å². The molecule has 1 aromatic heterocycles. The predicted octanol–water partition coefficient (Wildman–Crippen LogP) is 4.94. The maximum atomic E-state index is 13.4. The maximum Gasteiger partial charge on any atom is 0.277 e. The van der Waals surface area contributed by atoms with Gasteiger partial charge >= 0.3 is 0 Å². The van der Waals surface area contributed by atoms with Gasteiger partial charge in [0.25, 0.3) is 5.91 Å². The molecule has 4 aromatic rings. The number of allylic oxidation sites excluding steroid dienone is 1. The summed E-state index contributed by atoms with van der Waals surface area (Å²) in [6.45, 7) is 3.48. The smallest absolute Gasteiger partial charge is 0.277 e. The van der Waals surface area contributed by atoms with Crippen molar-refractivity contribution in [1.82, 2.24) is 15.2 Å². The zero-order chi connectivity index (χ0) is 25.3. The molecule has 0 spiro atoms. The summed E-state index contributed by atoms with van der Waals surface area (Å²) in [7, 11) is 1.54. The van der Waals surface area contributed by atoms with Crippen molar-refractivity contribution in [2.45, 2.75) is 6.42 Å². The number of hydrogen-bond acceptors (Lipinski definition) is 5. The number of para-hydroxylation sites is 1. The van der Waals surface area contributed by atoms with Gasteiger partial charge in [-0.2, -0.15) is 10.2 Å². The van der Waals surface area contributed by atoms with Crippen LogP contribution in [0.3, 0.4) is 0 Å². The Morgan fingerprint density at radius 3 is 2.61 bits per heavy atom. The van der Waals surface area contributed by atoms with Gasteiger partial charge in [0.15, 0.2) is 18.1 Å². The average molecular weight is 485 g/mol. The van der Waals surface area contributed by atoms with Gasteiger partial charge in [0.1, 0.15) is 11.5 Å². The van der Waals surface area contributed by atoms with Crippen LogP contribution in [0.1, 0.15) is 11.1 Å². The van der Waals surface area contributed by atoms with Crippen molar-refractivity contribution in [3.05, 3.63) is 109 Å². The standard InChI is InChI=1S/C28H25FN4O3/c1-3-7-20-10-15-25(26(16-20)35-2)36-19-27(34)31-30-17-22-18-33(24-8-5-4-6-9-24)32-28(22)21-11-13-23(29)14-12-21/h3-6,8-18H,1,7,19H2,2H3,(H,31,34)/b30-17+. The summed E-state index contributed by atoms with van der Waals surface area (Å²) in [5.74, 6) is 0.202. The van der Waals surface area contributed by atoms with Crippen molar-refractivity contribution in [3.63, 3.8) is 0 Å². The van der Waals surface area contributed by atoms with Crippen LogP contribution in [0.25, 0.3) is 16.9 Å². The number of amides is 1. The monoisotopic (exact) mass is 484 g/mol. The quantitative estimate of drug-likeness (QED) is 0.196.